The van der Waals surface area contributed by atoms with Gasteiger partial charge in [-0.1, -0.05) is 12.1 Å². The van der Waals surface area contributed by atoms with Crippen LogP contribution in [0, 0.1) is 5.82 Å². The second-order valence-corrected chi connectivity index (χ2v) is 4.45. The van der Waals surface area contributed by atoms with E-state index in [0.717, 1.165) is 12.0 Å². The molecule has 1 aromatic carbocycles. The first-order valence-corrected chi connectivity index (χ1v) is 5.85. The maximum atomic E-state index is 12.8. The summed E-state index contributed by atoms with van der Waals surface area (Å²) in [6, 6.07) is 6.30. The maximum absolute atomic E-state index is 12.8. The predicted molar refractivity (Wildman–Crippen MR) is 65.2 cm³/mol. The van der Waals surface area contributed by atoms with Crippen LogP contribution in [0.4, 0.5) is 4.39 Å². The molecular formula is C12H16FN5. The van der Waals surface area contributed by atoms with Crippen LogP contribution in [0.15, 0.2) is 24.3 Å². The average Bonchev–Trinajstić information content (AvgIpc) is 2.81. The van der Waals surface area contributed by atoms with E-state index in [0.29, 0.717) is 5.82 Å². The Bertz CT molecular complexity index is 505. The lowest BCUT2D eigenvalue weighted by atomic mass is 10.1. The number of aromatic nitrogens is 4. The molecule has 0 saturated heterocycles. The van der Waals surface area contributed by atoms with E-state index in [9.17, 15) is 4.39 Å². The Labute approximate surface area is 105 Å². The molecule has 0 aliphatic rings. The standard InChI is InChI=1S/C12H16FN5/c1-8(7-10-3-5-11(13)6-4-10)18-12(9(2)14)15-16-17-18/h3-6,8-9H,7,14H2,1-2H3. The van der Waals surface area contributed by atoms with Gasteiger partial charge < -0.3 is 5.73 Å². The summed E-state index contributed by atoms with van der Waals surface area (Å²) in [7, 11) is 0. The zero-order chi connectivity index (χ0) is 13.1. The molecule has 2 rings (SSSR count). The van der Waals surface area contributed by atoms with Crippen LogP contribution in [0.25, 0.3) is 0 Å². The molecule has 5 nitrogen and oxygen atoms in total. The number of halogens is 1. The van der Waals surface area contributed by atoms with Crippen LogP contribution < -0.4 is 5.73 Å². The molecule has 1 heterocycles. The van der Waals surface area contributed by atoms with Gasteiger partial charge in [0.15, 0.2) is 5.82 Å². The van der Waals surface area contributed by atoms with Gasteiger partial charge in [-0.3, -0.25) is 0 Å². The highest BCUT2D eigenvalue weighted by Crippen LogP contribution is 2.16. The summed E-state index contributed by atoms with van der Waals surface area (Å²) in [6.07, 6.45) is 0.727. The molecule has 6 heteroatoms. The predicted octanol–water partition coefficient (Wildman–Crippen LogP) is 1.64. The minimum absolute atomic E-state index is 0.0754. The Balaban J connectivity index is 2.14. The fraction of sp³-hybridized carbons (Fsp3) is 0.417. The van der Waals surface area contributed by atoms with Crippen molar-refractivity contribution >= 4 is 0 Å². The third kappa shape index (κ3) is 2.70. The van der Waals surface area contributed by atoms with Crippen LogP contribution in [0.1, 0.15) is 37.3 Å². The zero-order valence-electron chi connectivity index (χ0n) is 10.4. The Kier molecular flexibility index (Phi) is 3.66. The molecule has 18 heavy (non-hydrogen) atoms. The van der Waals surface area contributed by atoms with Gasteiger partial charge in [-0.15, -0.1) is 5.10 Å². The van der Waals surface area contributed by atoms with E-state index in [4.69, 9.17) is 5.73 Å². The summed E-state index contributed by atoms with van der Waals surface area (Å²) in [4.78, 5) is 0. The third-order valence-electron chi connectivity index (χ3n) is 2.79. The molecule has 0 bridgehead atoms. The van der Waals surface area contributed by atoms with E-state index < -0.39 is 0 Å². The second-order valence-electron chi connectivity index (χ2n) is 4.45. The number of nitrogens with zero attached hydrogens (tertiary/aromatic N) is 4. The number of hydrogen-bond donors (Lipinski definition) is 1. The molecule has 2 atom stereocenters. The van der Waals surface area contributed by atoms with Crippen molar-refractivity contribution in [3.8, 4) is 0 Å². The number of benzene rings is 1. The molecule has 0 amide bonds. The monoisotopic (exact) mass is 249 g/mol. The van der Waals surface area contributed by atoms with E-state index in [1.54, 1.807) is 16.8 Å². The third-order valence-corrected chi connectivity index (χ3v) is 2.79. The minimum atomic E-state index is -0.231. The summed E-state index contributed by atoms with van der Waals surface area (Å²) in [6.45, 7) is 3.85. The van der Waals surface area contributed by atoms with Crippen LogP contribution in [0.5, 0.6) is 0 Å². The summed E-state index contributed by atoms with van der Waals surface area (Å²) in [5, 5.41) is 11.5. The largest absolute Gasteiger partial charge is 0.322 e. The lowest BCUT2D eigenvalue weighted by Gasteiger charge is -2.14. The fourth-order valence-corrected chi connectivity index (χ4v) is 1.86. The van der Waals surface area contributed by atoms with Crippen LogP contribution in [0.3, 0.4) is 0 Å². The number of rotatable bonds is 4. The van der Waals surface area contributed by atoms with Crippen molar-refractivity contribution in [3.05, 3.63) is 41.5 Å². The van der Waals surface area contributed by atoms with Gasteiger partial charge in [-0.2, -0.15) is 0 Å². The zero-order valence-corrected chi connectivity index (χ0v) is 10.4. The van der Waals surface area contributed by atoms with Gasteiger partial charge in [0.25, 0.3) is 0 Å². The van der Waals surface area contributed by atoms with E-state index in [1.165, 1.54) is 12.1 Å². The Morgan fingerprint density at radius 1 is 1.28 bits per heavy atom. The Morgan fingerprint density at radius 3 is 2.56 bits per heavy atom. The average molecular weight is 249 g/mol. The van der Waals surface area contributed by atoms with E-state index in [2.05, 4.69) is 15.5 Å². The Morgan fingerprint density at radius 2 is 1.94 bits per heavy atom. The highest BCUT2D eigenvalue weighted by Gasteiger charge is 2.16. The normalized spacial score (nSPS) is 14.4. The molecule has 2 unspecified atom stereocenters. The molecule has 2 N–H and O–H groups in total. The molecule has 1 aromatic heterocycles. The number of tetrazole rings is 1. The van der Waals surface area contributed by atoms with Gasteiger partial charge in [0.1, 0.15) is 5.82 Å². The van der Waals surface area contributed by atoms with Crippen molar-refractivity contribution in [2.24, 2.45) is 5.73 Å². The highest BCUT2D eigenvalue weighted by molar-refractivity contribution is 5.16. The smallest absolute Gasteiger partial charge is 0.167 e. The van der Waals surface area contributed by atoms with Crippen molar-refractivity contribution in [1.29, 1.82) is 0 Å². The molecule has 96 valence electrons. The van der Waals surface area contributed by atoms with E-state index >= 15 is 0 Å². The SMILES string of the molecule is CC(N)c1nnnn1C(C)Cc1ccc(F)cc1. The van der Waals surface area contributed by atoms with Gasteiger partial charge in [0.2, 0.25) is 0 Å². The van der Waals surface area contributed by atoms with Crippen molar-refractivity contribution < 1.29 is 4.39 Å². The highest BCUT2D eigenvalue weighted by atomic mass is 19.1. The van der Waals surface area contributed by atoms with E-state index in [-0.39, 0.29) is 17.9 Å². The van der Waals surface area contributed by atoms with Crippen LogP contribution >= 0.6 is 0 Å². The van der Waals surface area contributed by atoms with Crippen LogP contribution in [-0.4, -0.2) is 20.2 Å². The van der Waals surface area contributed by atoms with Gasteiger partial charge in [0, 0.05) is 0 Å². The van der Waals surface area contributed by atoms with Gasteiger partial charge in [-0.25, -0.2) is 9.07 Å². The summed E-state index contributed by atoms with van der Waals surface area (Å²) >= 11 is 0. The van der Waals surface area contributed by atoms with Crippen molar-refractivity contribution in [2.75, 3.05) is 0 Å². The van der Waals surface area contributed by atoms with Crippen molar-refractivity contribution in [1.82, 2.24) is 20.2 Å². The topological polar surface area (TPSA) is 69.6 Å². The number of nitrogens with two attached hydrogens (primary N) is 1. The fourth-order valence-electron chi connectivity index (χ4n) is 1.86. The summed E-state index contributed by atoms with van der Waals surface area (Å²) in [5.74, 6) is 0.426. The molecule has 0 radical (unpaired) electrons. The molecule has 2 aromatic rings. The summed E-state index contributed by atoms with van der Waals surface area (Å²) in [5.41, 5.74) is 6.83. The second kappa shape index (κ2) is 5.22. The van der Waals surface area contributed by atoms with Crippen LogP contribution in [-0.2, 0) is 6.42 Å². The summed E-state index contributed by atoms with van der Waals surface area (Å²) < 4.78 is 14.5. The van der Waals surface area contributed by atoms with Crippen molar-refractivity contribution in [2.45, 2.75) is 32.4 Å². The molecule has 0 fully saturated rings. The van der Waals surface area contributed by atoms with Crippen molar-refractivity contribution in [3.63, 3.8) is 0 Å². The van der Waals surface area contributed by atoms with E-state index in [1.807, 2.05) is 13.8 Å². The quantitative estimate of drug-likeness (QED) is 0.894. The lowest BCUT2D eigenvalue weighted by Crippen LogP contribution is -2.18. The van der Waals surface area contributed by atoms with Gasteiger partial charge in [0.05, 0.1) is 12.1 Å². The van der Waals surface area contributed by atoms with Crippen LogP contribution in [0.2, 0.25) is 0 Å². The minimum Gasteiger partial charge on any atom is -0.322 e. The number of hydrogen-bond acceptors (Lipinski definition) is 4. The Hall–Kier alpha value is -1.82. The first kappa shape index (κ1) is 12.6. The molecule has 0 saturated carbocycles. The maximum Gasteiger partial charge on any atom is 0.167 e. The molecular weight excluding hydrogens is 233 g/mol. The molecule has 0 spiro atoms. The van der Waals surface area contributed by atoms with Gasteiger partial charge >= 0.3 is 0 Å². The molecule has 0 aliphatic carbocycles. The van der Waals surface area contributed by atoms with Gasteiger partial charge in [-0.05, 0) is 48.4 Å². The lowest BCUT2D eigenvalue weighted by molar-refractivity contribution is 0.446. The molecule has 0 aliphatic heterocycles. The first-order chi connectivity index (χ1) is 8.58. The first-order valence-electron chi connectivity index (χ1n) is 5.85.